The summed E-state index contributed by atoms with van der Waals surface area (Å²) in [6, 6.07) is 4.61. The lowest BCUT2D eigenvalue weighted by Crippen LogP contribution is -2.22. The van der Waals surface area contributed by atoms with Crippen molar-refractivity contribution in [1.82, 2.24) is 5.32 Å². The molecule has 2 heterocycles. The number of hydrogen-bond acceptors (Lipinski definition) is 4. The van der Waals surface area contributed by atoms with Crippen molar-refractivity contribution in [2.45, 2.75) is 6.42 Å². The minimum atomic E-state index is -0.307. The summed E-state index contributed by atoms with van der Waals surface area (Å²) >= 11 is 0. The monoisotopic (exact) mass is 230 g/mol. The van der Waals surface area contributed by atoms with Gasteiger partial charge in [-0.25, -0.2) is 0 Å². The third kappa shape index (κ3) is 1.39. The molecule has 0 saturated carbocycles. The SMILES string of the molecule is N=C1CCNC(=O)c2oc3ccc(O)cc3c21. The van der Waals surface area contributed by atoms with E-state index in [4.69, 9.17) is 9.83 Å². The number of phenols is 1. The van der Waals surface area contributed by atoms with Crippen LogP contribution in [0.2, 0.25) is 0 Å². The summed E-state index contributed by atoms with van der Waals surface area (Å²) < 4.78 is 5.44. The second kappa shape index (κ2) is 3.35. The Labute approximate surface area is 96.6 Å². The Morgan fingerprint density at radius 2 is 2.24 bits per heavy atom. The number of nitrogens with one attached hydrogen (secondary N) is 2. The van der Waals surface area contributed by atoms with Crippen LogP contribution in [0.15, 0.2) is 22.6 Å². The highest BCUT2D eigenvalue weighted by Crippen LogP contribution is 2.30. The second-order valence-electron chi connectivity index (χ2n) is 3.97. The van der Waals surface area contributed by atoms with E-state index in [2.05, 4.69) is 5.32 Å². The summed E-state index contributed by atoms with van der Waals surface area (Å²) in [5.41, 5.74) is 1.35. The van der Waals surface area contributed by atoms with Crippen LogP contribution in [0.4, 0.5) is 0 Å². The molecule has 1 aliphatic heterocycles. The van der Waals surface area contributed by atoms with E-state index in [0.717, 1.165) is 0 Å². The predicted octanol–water partition coefficient (Wildman–Crippen LogP) is 1.64. The second-order valence-corrected chi connectivity index (χ2v) is 3.97. The Balaban J connectivity index is 2.38. The van der Waals surface area contributed by atoms with E-state index in [-0.39, 0.29) is 17.4 Å². The van der Waals surface area contributed by atoms with E-state index in [1.165, 1.54) is 12.1 Å². The number of aromatic hydroxyl groups is 1. The van der Waals surface area contributed by atoms with Crippen molar-refractivity contribution >= 4 is 22.6 Å². The molecule has 86 valence electrons. The van der Waals surface area contributed by atoms with Crippen LogP contribution >= 0.6 is 0 Å². The summed E-state index contributed by atoms with van der Waals surface area (Å²) in [6.07, 6.45) is 0.461. The van der Waals surface area contributed by atoms with E-state index < -0.39 is 0 Å². The number of phenolic OH excluding ortho intramolecular Hbond substituents is 1. The number of furan rings is 1. The number of fused-ring (bicyclic) bond motifs is 3. The van der Waals surface area contributed by atoms with Crippen LogP contribution in [0, 0.1) is 5.41 Å². The first-order valence-electron chi connectivity index (χ1n) is 5.28. The molecule has 17 heavy (non-hydrogen) atoms. The third-order valence-corrected chi connectivity index (χ3v) is 2.84. The molecule has 0 radical (unpaired) electrons. The Morgan fingerprint density at radius 3 is 3.06 bits per heavy atom. The molecule has 1 aromatic heterocycles. The fourth-order valence-corrected chi connectivity index (χ4v) is 2.05. The lowest BCUT2D eigenvalue weighted by Gasteiger charge is -1.98. The summed E-state index contributed by atoms with van der Waals surface area (Å²) in [4.78, 5) is 11.7. The van der Waals surface area contributed by atoms with Crippen LogP contribution < -0.4 is 5.32 Å². The maximum absolute atomic E-state index is 11.7. The largest absolute Gasteiger partial charge is 0.508 e. The molecule has 1 aliphatic rings. The quantitative estimate of drug-likeness (QED) is 0.643. The number of carbonyl (C=O) groups excluding carboxylic acids is 1. The van der Waals surface area contributed by atoms with Gasteiger partial charge in [-0.05, 0) is 18.2 Å². The van der Waals surface area contributed by atoms with Gasteiger partial charge in [0.05, 0.1) is 5.56 Å². The minimum absolute atomic E-state index is 0.0959. The van der Waals surface area contributed by atoms with Gasteiger partial charge >= 0.3 is 0 Å². The van der Waals surface area contributed by atoms with Crippen molar-refractivity contribution in [2.75, 3.05) is 6.54 Å². The molecule has 3 N–H and O–H groups in total. The standard InChI is InChI=1S/C12H10N2O3/c13-8-3-4-14-12(16)11-10(8)7-5-6(15)1-2-9(7)17-11/h1-2,5,13,15H,3-4H2,(H,14,16). The highest BCUT2D eigenvalue weighted by Gasteiger charge is 2.26. The first kappa shape index (κ1) is 9.89. The molecule has 3 rings (SSSR count). The smallest absolute Gasteiger partial charge is 0.287 e. The zero-order valence-electron chi connectivity index (χ0n) is 8.91. The van der Waals surface area contributed by atoms with Crippen molar-refractivity contribution < 1.29 is 14.3 Å². The molecule has 1 aromatic carbocycles. The molecule has 0 atom stereocenters. The van der Waals surface area contributed by atoms with E-state index >= 15 is 0 Å². The molecule has 0 unspecified atom stereocenters. The highest BCUT2D eigenvalue weighted by atomic mass is 16.3. The lowest BCUT2D eigenvalue weighted by atomic mass is 10.0. The molecule has 0 bridgehead atoms. The van der Waals surface area contributed by atoms with Crippen molar-refractivity contribution in [3.8, 4) is 5.75 Å². The van der Waals surface area contributed by atoms with E-state index in [0.29, 0.717) is 35.2 Å². The van der Waals surface area contributed by atoms with Gasteiger partial charge in [0.15, 0.2) is 0 Å². The van der Waals surface area contributed by atoms with Gasteiger partial charge < -0.3 is 20.2 Å². The van der Waals surface area contributed by atoms with Crippen LogP contribution in [0.5, 0.6) is 5.75 Å². The maximum Gasteiger partial charge on any atom is 0.287 e. The number of hydrogen-bond donors (Lipinski definition) is 3. The zero-order valence-corrected chi connectivity index (χ0v) is 8.91. The average Bonchev–Trinajstić information content (AvgIpc) is 2.60. The molecule has 5 nitrogen and oxygen atoms in total. The molecule has 2 aromatic rings. The van der Waals surface area contributed by atoms with Gasteiger partial charge in [-0.2, -0.15) is 0 Å². The third-order valence-electron chi connectivity index (χ3n) is 2.84. The van der Waals surface area contributed by atoms with Crippen LogP contribution in [-0.4, -0.2) is 23.3 Å². The maximum atomic E-state index is 11.7. The molecule has 0 saturated heterocycles. The molecule has 1 amide bonds. The topological polar surface area (TPSA) is 86.3 Å². The highest BCUT2D eigenvalue weighted by molar-refractivity contribution is 6.17. The summed E-state index contributed by atoms with van der Waals surface area (Å²) in [5, 5.41) is 20.7. The Bertz CT molecular complexity index is 642. The number of rotatable bonds is 0. The molecular weight excluding hydrogens is 220 g/mol. The van der Waals surface area contributed by atoms with Gasteiger partial charge in [-0.15, -0.1) is 0 Å². The van der Waals surface area contributed by atoms with Gasteiger partial charge in [-0.3, -0.25) is 4.79 Å². The fraction of sp³-hybridized carbons (Fsp3) is 0.167. The summed E-state index contributed by atoms with van der Waals surface area (Å²) in [7, 11) is 0. The first-order valence-corrected chi connectivity index (χ1v) is 5.28. The van der Waals surface area contributed by atoms with Gasteiger partial charge in [-0.1, -0.05) is 0 Å². The van der Waals surface area contributed by atoms with Gasteiger partial charge in [0.25, 0.3) is 5.91 Å². The number of benzene rings is 1. The predicted molar refractivity (Wildman–Crippen MR) is 61.7 cm³/mol. The molecule has 5 heteroatoms. The molecule has 0 aliphatic carbocycles. The van der Waals surface area contributed by atoms with Gasteiger partial charge in [0.2, 0.25) is 5.76 Å². The Kier molecular flexibility index (Phi) is 1.95. The minimum Gasteiger partial charge on any atom is -0.508 e. The van der Waals surface area contributed by atoms with Crippen molar-refractivity contribution in [1.29, 1.82) is 5.41 Å². The number of carbonyl (C=O) groups is 1. The summed E-state index contributed by atoms with van der Waals surface area (Å²) in [5.74, 6) is -0.0513. The van der Waals surface area contributed by atoms with Crippen LogP contribution in [0.25, 0.3) is 11.0 Å². The van der Waals surface area contributed by atoms with E-state index in [1.54, 1.807) is 6.07 Å². The van der Waals surface area contributed by atoms with Crippen molar-refractivity contribution in [3.63, 3.8) is 0 Å². The number of amides is 1. The van der Waals surface area contributed by atoms with Crippen LogP contribution in [-0.2, 0) is 0 Å². The average molecular weight is 230 g/mol. The fourth-order valence-electron chi connectivity index (χ4n) is 2.05. The van der Waals surface area contributed by atoms with Gasteiger partial charge in [0, 0.05) is 24.1 Å². The van der Waals surface area contributed by atoms with Crippen molar-refractivity contribution in [3.05, 3.63) is 29.5 Å². The molecular formula is C12H10N2O3. The summed E-state index contributed by atoms with van der Waals surface area (Å²) in [6.45, 7) is 0.433. The van der Waals surface area contributed by atoms with Crippen molar-refractivity contribution in [2.24, 2.45) is 0 Å². The van der Waals surface area contributed by atoms with Crippen LogP contribution in [0.1, 0.15) is 22.5 Å². The molecule has 0 fully saturated rings. The van der Waals surface area contributed by atoms with Gasteiger partial charge in [0.1, 0.15) is 11.3 Å². The Morgan fingerprint density at radius 1 is 1.41 bits per heavy atom. The first-order chi connectivity index (χ1) is 8.16. The lowest BCUT2D eigenvalue weighted by molar-refractivity contribution is 0.0931. The Hall–Kier alpha value is -2.30. The van der Waals surface area contributed by atoms with Crippen LogP contribution in [0.3, 0.4) is 0 Å². The zero-order chi connectivity index (χ0) is 12.0. The molecule has 0 spiro atoms. The van der Waals surface area contributed by atoms with E-state index in [9.17, 15) is 9.90 Å². The normalized spacial score (nSPS) is 15.5. The van der Waals surface area contributed by atoms with E-state index in [1.807, 2.05) is 0 Å².